The normalized spacial score (nSPS) is 20.3. The summed E-state index contributed by atoms with van der Waals surface area (Å²) in [6.07, 6.45) is 2.16. The Kier molecular flexibility index (Phi) is 3.97. The van der Waals surface area contributed by atoms with Gasteiger partial charge in [0.2, 0.25) is 0 Å². The van der Waals surface area contributed by atoms with E-state index in [1.807, 2.05) is 13.0 Å². The van der Waals surface area contributed by atoms with Crippen LogP contribution >= 0.6 is 10.5 Å². The fourth-order valence-electron chi connectivity index (χ4n) is 2.17. The Morgan fingerprint density at radius 2 is 2.12 bits per heavy atom. The minimum atomic E-state index is -0.0244. The minimum absolute atomic E-state index is 0.0244. The lowest BCUT2D eigenvalue weighted by molar-refractivity contribution is 0.0208. The number of hydrogen-bond acceptors (Lipinski definition) is 3. The van der Waals surface area contributed by atoms with Crippen molar-refractivity contribution in [3.05, 3.63) is 21.9 Å². The number of carbonyl (C=O) groups is 1. The molecule has 1 fully saturated rings. The summed E-state index contributed by atoms with van der Waals surface area (Å²) in [6.45, 7) is 7.28. The molecule has 0 saturated carbocycles. The first-order valence-corrected chi connectivity index (χ1v) is 7.70. The fourth-order valence-corrected chi connectivity index (χ4v) is 3.23. The molecule has 2 rings (SSSR count). The number of morpholine rings is 1. The minimum Gasteiger partial charge on any atom is -0.379 e. The Morgan fingerprint density at radius 1 is 1.47 bits per heavy atom. The molecule has 0 bridgehead atoms. The average Bonchev–Trinajstić information content (AvgIpc) is 2.69. The van der Waals surface area contributed by atoms with Crippen molar-refractivity contribution < 1.29 is 9.53 Å². The molecule has 94 valence electrons. The van der Waals surface area contributed by atoms with Gasteiger partial charge in [-0.3, -0.25) is 9.69 Å². The summed E-state index contributed by atoms with van der Waals surface area (Å²) in [6, 6.07) is 1.97. The van der Waals surface area contributed by atoms with Crippen LogP contribution in [-0.2, 0) is 11.0 Å². The van der Waals surface area contributed by atoms with Crippen LogP contribution in [0.25, 0.3) is 0 Å². The molecule has 1 aromatic rings. The van der Waals surface area contributed by atoms with Crippen LogP contribution in [0.1, 0.15) is 22.2 Å². The van der Waals surface area contributed by atoms with Crippen LogP contribution in [0, 0.1) is 6.92 Å². The number of carbonyl (C=O) groups excluding carboxylic acids is 1. The van der Waals surface area contributed by atoms with E-state index in [2.05, 4.69) is 23.5 Å². The van der Waals surface area contributed by atoms with Gasteiger partial charge >= 0.3 is 0 Å². The number of Topliss-reactive ketones (excluding diaryl/α,β-unsaturated/α-hetero) is 1. The van der Waals surface area contributed by atoms with E-state index in [-0.39, 0.29) is 22.3 Å². The Labute approximate surface area is 105 Å². The van der Waals surface area contributed by atoms with Gasteiger partial charge in [-0.25, -0.2) is 0 Å². The summed E-state index contributed by atoms with van der Waals surface area (Å²) in [7, 11) is 0.145. The van der Waals surface area contributed by atoms with Gasteiger partial charge in [-0.1, -0.05) is 0 Å². The number of ether oxygens (including phenoxy) is 1. The van der Waals surface area contributed by atoms with Crippen LogP contribution in [0.4, 0.5) is 0 Å². The molecular weight excluding hydrogens is 234 g/mol. The smallest absolute Gasteiger partial charge is 0.184 e. The topological polar surface area (TPSA) is 29.5 Å². The first-order chi connectivity index (χ1) is 8.11. The molecule has 0 N–H and O–H groups in total. The van der Waals surface area contributed by atoms with Crippen molar-refractivity contribution in [3.8, 4) is 0 Å². The van der Waals surface area contributed by atoms with Gasteiger partial charge in [0.25, 0.3) is 0 Å². The molecule has 4 heteroatoms. The third-order valence-corrected chi connectivity index (χ3v) is 5.27. The number of nitrogens with zero attached hydrogens (tertiary/aromatic N) is 1. The second-order valence-electron chi connectivity index (χ2n) is 4.52. The zero-order valence-electron chi connectivity index (χ0n) is 10.7. The Bertz CT molecular complexity index is 408. The van der Waals surface area contributed by atoms with Gasteiger partial charge in [0, 0.05) is 26.1 Å². The zero-order valence-corrected chi connectivity index (χ0v) is 11.5. The van der Waals surface area contributed by atoms with Gasteiger partial charge in [-0.15, -0.1) is 0 Å². The summed E-state index contributed by atoms with van der Waals surface area (Å²) < 4.78 is 5.32. The molecule has 1 aliphatic heterocycles. The van der Waals surface area contributed by atoms with Crippen molar-refractivity contribution >= 4 is 16.3 Å². The van der Waals surface area contributed by atoms with Crippen LogP contribution in [0.3, 0.4) is 0 Å². The highest BCUT2D eigenvalue weighted by atomic mass is 32.2. The molecule has 0 radical (unpaired) electrons. The van der Waals surface area contributed by atoms with E-state index in [0.717, 1.165) is 31.9 Å². The van der Waals surface area contributed by atoms with Gasteiger partial charge in [-0.2, -0.15) is 0 Å². The van der Waals surface area contributed by atoms with Crippen molar-refractivity contribution in [2.45, 2.75) is 19.9 Å². The maximum Gasteiger partial charge on any atom is 0.184 e. The zero-order chi connectivity index (χ0) is 12.4. The Balaban J connectivity index is 2.11. The molecule has 2 atom stereocenters. The summed E-state index contributed by atoms with van der Waals surface area (Å²) >= 11 is 0. The molecule has 0 spiro atoms. The van der Waals surface area contributed by atoms with Gasteiger partial charge < -0.3 is 4.74 Å². The molecular formula is C13H20NO2S+. The van der Waals surface area contributed by atoms with E-state index in [0.29, 0.717) is 0 Å². The monoisotopic (exact) mass is 254 g/mol. The molecule has 1 aromatic heterocycles. The van der Waals surface area contributed by atoms with Crippen LogP contribution in [0.2, 0.25) is 0 Å². The third-order valence-electron chi connectivity index (χ3n) is 3.54. The van der Waals surface area contributed by atoms with Gasteiger partial charge in [0.05, 0.1) is 24.8 Å². The summed E-state index contributed by atoms with van der Waals surface area (Å²) in [5, 5.41) is 2.13. The van der Waals surface area contributed by atoms with Crippen LogP contribution in [0.5, 0.6) is 0 Å². The van der Waals surface area contributed by atoms with Gasteiger partial charge in [-0.05, 0) is 17.4 Å². The maximum atomic E-state index is 12.4. The first-order valence-electron chi connectivity index (χ1n) is 6.01. The lowest BCUT2D eigenvalue weighted by Crippen LogP contribution is -2.45. The average molecular weight is 254 g/mol. The summed E-state index contributed by atoms with van der Waals surface area (Å²) in [4.78, 5) is 15.9. The quantitative estimate of drug-likeness (QED) is 0.611. The van der Waals surface area contributed by atoms with Crippen molar-refractivity contribution in [3.63, 3.8) is 0 Å². The molecule has 0 aromatic carbocycles. The largest absolute Gasteiger partial charge is 0.379 e. The predicted molar refractivity (Wildman–Crippen MR) is 70.8 cm³/mol. The number of hydrogen-bond donors (Lipinski definition) is 0. The highest BCUT2D eigenvalue weighted by Gasteiger charge is 2.27. The van der Waals surface area contributed by atoms with Crippen LogP contribution in [0.15, 0.2) is 11.4 Å². The highest BCUT2D eigenvalue weighted by Crippen LogP contribution is 2.26. The molecule has 1 aliphatic rings. The van der Waals surface area contributed by atoms with E-state index in [1.165, 1.54) is 4.88 Å². The second-order valence-corrected chi connectivity index (χ2v) is 6.52. The summed E-state index contributed by atoms with van der Waals surface area (Å²) in [5.74, 6) is 0.262. The van der Waals surface area contributed by atoms with Crippen molar-refractivity contribution in [2.75, 3.05) is 26.3 Å². The lowest BCUT2D eigenvalue weighted by atomic mass is 10.1. The van der Waals surface area contributed by atoms with Crippen molar-refractivity contribution in [1.29, 1.82) is 0 Å². The molecule has 0 amide bonds. The van der Waals surface area contributed by atoms with E-state index in [9.17, 15) is 4.79 Å². The molecule has 1 saturated heterocycles. The number of thiophene rings is 1. The van der Waals surface area contributed by atoms with E-state index >= 15 is 0 Å². The van der Waals surface area contributed by atoms with Crippen molar-refractivity contribution in [1.82, 2.24) is 4.90 Å². The fraction of sp³-hybridized carbons (Fsp3) is 0.615. The van der Waals surface area contributed by atoms with E-state index in [4.69, 9.17) is 4.74 Å². The van der Waals surface area contributed by atoms with E-state index in [1.54, 1.807) is 0 Å². The predicted octanol–water partition coefficient (Wildman–Crippen LogP) is 2.18. The van der Waals surface area contributed by atoms with Crippen LogP contribution < -0.4 is 0 Å². The highest BCUT2D eigenvalue weighted by molar-refractivity contribution is 7.28. The molecule has 2 unspecified atom stereocenters. The maximum absolute atomic E-state index is 12.4. The third kappa shape index (κ3) is 2.59. The van der Waals surface area contributed by atoms with Crippen LogP contribution in [-0.4, -0.2) is 43.0 Å². The summed E-state index contributed by atoms with van der Waals surface area (Å²) in [5.41, 5.74) is 0.926. The second kappa shape index (κ2) is 5.29. The first kappa shape index (κ1) is 12.7. The number of aryl methyl sites for hydroxylation is 1. The Hall–Kier alpha value is -0.710. The molecule has 3 nitrogen and oxygen atoms in total. The lowest BCUT2D eigenvalue weighted by Gasteiger charge is -2.31. The van der Waals surface area contributed by atoms with Gasteiger partial charge in [0.1, 0.15) is 11.6 Å². The standard InChI is InChI=1S/C13H20NO2S/c1-10(14-5-7-16-8-6-14)13(15)12-4-9-17(3)11(12)2/h4,9-10H,5-8H2,1-3H3/q+1. The Morgan fingerprint density at radius 3 is 2.65 bits per heavy atom. The van der Waals surface area contributed by atoms with Crippen molar-refractivity contribution in [2.24, 2.45) is 6.26 Å². The molecule has 2 heterocycles. The molecule has 0 aliphatic carbocycles. The van der Waals surface area contributed by atoms with Gasteiger partial charge in [0.15, 0.2) is 10.7 Å². The van der Waals surface area contributed by atoms with E-state index < -0.39 is 0 Å². The molecule has 17 heavy (non-hydrogen) atoms. The SMILES string of the molecule is Cc1c(C(=O)C(C)N2CCOCC2)cc[s+]1C. The number of ketones is 1. The number of rotatable bonds is 3.